The first kappa shape index (κ1) is 11.9. The number of ether oxygens (including phenoxy) is 2. The van der Waals surface area contributed by atoms with Gasteiger partial charge in [-0.25, -0.2) is 0 Å². The Bertz CT molecular complexity index is 83.8. The molecule has 0 saturated heterocycles. The van der Waals surface area contributed by atoms with E-state index in [2.05, 4.69) is 6.92 Å². The number of hydrogen-bond acceptors (Lipinski definition) is 3. The van der Waals surface area contributed by atoms with Crippen LogP contribution in [0.1, 0.15) is 33.1 Å². The van der Waals surface area contributed by atoms with Gasteiger partial charge in [-0.2, -0.15) is 0 Å². The Balaban J connectivity index is 2.82. The zero-order valence-electron chi connectivity index (χ0n) is 8.08. The average molecular weight is 176 g/mol. The van der Waals surface area contributed by atoms with Crippen molar-refractivity contribution in [3.05, 3.63) is 0 Å². The van der Waals surface area contributed by atoms with Gasteiger partial charge in [0.15, 0.2) is 6.29 Å². The van der Waals surface area contributed by atoms with Crippen molar-refractivity contribution >= 4 is 0 Å². The lowest BCUT2D eigenvalue weighted by atomic mass is 10.4. The Kier molecular flexibility index (Phi) is 8.88. The highest BCUT2D eigenvalue weighted by atomic mass is 16.6. The van der Waals surface area contributed by atoms with Crippen LogP contribution in [0.4, 0.5) is 0 Å². The molecule has 0 aliphatic heterocycles. The number of aliphatic hydroxyl groups is 1. The van der Waals surface area contributed by atoms with E-state index in [1.165, 1.54) is 6.42 Å². The maximum Gasteiger partial charge on any atom is 0.151 e. The van der Waals surface area contributed by atoms with Crippen LogP contribution in [0, 0.1) is 0 Å². The minimum Gasteiger partial charge on any atom is -0.381 e. The van der Waals surface area contributed by atoms with Gasteiger partial charge in [0.1, 0.15) is 0 Å². The third kappa shape index (κ3) is 9.88. The molecule has 74 valence electrons. The van der Waals surface area contributed by atoms with Crippen LogP contribution in [-0.4, -0.2) is 31.2 Å². The fraction of sp³-hybridized carbons (Fsp3) is 1.00. The molecule has 1 atom stereocenters. The van der Waals surface area contributed by atoms with Crippen LogP contribution in [0.15, 0.2) is 0 Å². The molecular formula is C9H20O3. The van der Waals surface area contributed by atoms with Crippen LogP contribution in [0.5, 0.6) is 0 Å². The van der Waals surface area contributed by atoms with E-state index in [1.54, 1.807) is 6.92 Å². The molecule has 0 spiro atoms. The lowest BCUT2D eigenvalue weighted by molar-refractivity contribution is -0.0891. The molecule has 1 N–H and O–H groups in total. The fourth-order valence-corrected chi connectivity index (χ4v) is 0.763. The van der Waals surface area contributed by atoms with Gasteiger partial charge in [-0.1, -0.05) is 13.3 Å². The molecule has 12 heavy (non-hydrogen) atoms. The lowest BCUT2D eigenvalue weighted by Crippen LogP contribution is -2.09. The van der Waals surface area contributed by atoms with Gasteiger partial charge < -0.3 is 14.6 Å². The van der Waals surface area contributed by atoms with Crippen LogP contribution in [0.25, 0.3) is 0 Å². The normalized spacial score (nSPS) is 13.2. The molecule has 0 bridgehead atoms. The van der Waals surface area contributed by atoms with Crippen molar-refractivity contribution < 1.29 is 14.6 Å². The maximum atomic E-state index is 8.73. The summed E-state index contributed by atoms with van der Waals surface area (Å²) in [6.07, 6.45) is 2.50. The number of rotatable bonds is 8. The van der Waals surface area contributed by atoms with E-state index in [9.17, 15) is 0 Å². The summed E-state index contributed by atoms with van der Waals surface area (Å²) in [6, 6.07) is 0. The Morgan fingerprint density at radius 1 is 1.17 bits per heavy atom. The third-order valence-electron chi connectivity index (χ3n) is 1.43. The summed E-state index contributed by atoms with van der Waals surface area (Å²) in [5.41, 5.74) is 0. The number of aliphatic hydroxyl groups excluding tert-OH is 1. The highest BCUT2D eigenvalue weighted by Crippen LogP contribution is 1.91. The van der Waals surface area contributed by atoms with Crippen LogP contribution in [0.3, 0.4) is 0 Å². The molecule has 0 aromatic rings. The number of hydrogen-bond donors (Lipinski definition) is 1. The molecular weight excluding hydrogens is 156 g/mol. The second-order valence-electron chi connectivity index (χ2n) is 2.79. The SMILES string of the molecule is CCCCOCCCOC(C)O. The van der Waals surface area contributed by atoms with Gasteiger partial charge in [0.05, 0.1) is 6.61 Å². The topological polar surface area (TPSA) is 38.7 Å². The quantitative estimate of drug-likeness (QED) is 0.450. The van der Waals surface area contributed by atoms with Crippen molar-refractivity contribution in [1.82, 2.24) is 0 Å². The van der Waals surface area contributed by atoms with E-state index in [1.807, 2.05) is 0 Å². The summed E-state index contributed by atoms with van der Waals surface area (Å²) in [7, 11) is 0. The third-order valence-corrected chi connectivity index (χ3v) is 1.43. The van der Waals surface area contributed by atoms with E-state index in [4.69, 9.17) is 14.6 Å². The second kappa shape index (κ2) is 8.97. The van der Waals surface area contributed by atoms with Crippen LogP contribution < -0.4 is 0 Å². The molecule has 3 heteroatoms. The van der Waals surface area contributed by atoms with Crippen molar-refractivity contribution in [3.63, 3.8) is 0 Å². The largest absolute Gasteiger partial charge is 0.381 e. The summed E-state index contributed by atoms with van der Waals surface area (Å²) in [4.78, 5) is 0. The van der Waals surface area contributed by atoms with Crippen LogP contribution in [0.2, 0.25) is 0 Å². The zero-order valence-corrected chi connectivity index (χ0v) is 8.08. The van der Waals surface area contributed by atoms with E-state index in [0.29, 0.717) is 6.61 Å². The smallest absolute Gasteiger partial charge is 0.151 e. The maximum absolute atomic E-state index is 8.73. The molecule has 0 amide bonds. The Morgan fingerprint density at radius 2 is 1.83 bits per heavy atom. The minimum atomic E-state index is -0.652. The van der Waals surface area contributed by atoms with Crippen molar-refractivity contribution in [1.29, 1.82) is 0 Å². The Labute approximate surface area is 74.7 Å². The van der Waals surface area contributed by atoms with E-state index in [-0.39, 0.29) is 0 Å². The van der Waals surface area contributed by atoms with Gasteiger partial charge >= 0.3 is 0 Å². The average Bonchev–Trinajstić information content (AvgIpc) is 2.02. The molecule has 0 fully saturated rings. The summed E-state index contributed by atoms with van der Waals surface area (Å²) >= 11 is 0. The van der Waals surface area contributed by atoms with E-state index >= 15 is 0 Å². The highest BCUT2D eigenvalue weighted by molar-refractivity contribution is 4.36. The summed E-state index contributed by atoms with van der Waals surface area (Å²) in [5.74, 6) is 0. The molecule has 0 heterocycles. The summed E-state index contributed by atoms with van der Waals surface area (Å²) in [5, 5.41) is 8.73. The van der Waals surface area contributed by atoms with E-state index < -0.39 is 6.29 Å². The molecule has 0 radical (unpaired) electrons. The van der Waals surface area contributed by atoms with E-state index in [0.717, 1.165) is 26.1 Å². The minimum absolute atomic E-state index is 0.573. The molecule has 0 saturated carbocycles. The molecule has 0 aromatic heterocycles. The molecule has 3 nitrogen and oxygen atoms in total. The van der Waals surface area contributed by atoms with Gasteiger partial charge in [0, 0.05) is 13.2 Å². The summed E-state index contributed by atoms with van der Waals surface area (Å²) < 4.78 is 10.2. The standard InChI is InChI=1S/C9H20O3/c1-3-4-6-11-7-5-8-12-9(2)10/h9-10H,3-8H2,1-2H3. The highest BCUT2D eigenvalue weighted by Gasteiger charge is 1.93. The lowest BCUT2D eigenvalue weighted by Gasteiger charge is -2.06. The predicted octanol–water partition coefficient (Wildman–Crippen LogP) is 1.55. The first-order valence-electron chi connectivity index (χ1n) is 4.64. The molecule has 0 rings (SSSR count). The molecule has 0 aliphatic rings. The monoisotopic (exact) mass is 176 g/mol. The molecule has 1 unspecified atom stereocenters. The first-order valence-corrected chi connectivity index (χ1v) is 4.64. The van der Waals surface area contributed by atoms with Gasteiger partial charge in [-0.3, -0.25) is 0 Å². The van der Waals surface area contributed by atoms with Gasteiger partial charge in [-0.15, -0.1) is 0 Å². The first-order chi connectivity index (χ1) is 5.77. The fourth-order valence-electron chi connectivity index (χ4n) is 0.763. The van der Waals surface area contributed by atoms with Gasteiger partial charge in [0.2, 0.25) is 0 Å². The van der Waals surface area contributed by atoms with Crippen molar-refractivity contribution in [2.45, 2.75) is 39.4 Å². The Morgan fingerprint density at radius 3 is 2.42 bits per heavy atom. The predicted molar refractivity (Wildman–Crippen MR) is 48.0 cm³/mol. The van der Waals surface area contributed by atoms with Crippen LogP contribution >= 0.6 is 0 Å². The Hall–Kier alpha value is -0.120. The van der Waals surface area contributed by atoms with Gasteiger partial charge in [0.25, 0.3) is 0 Å². The molecule has 0 aliphatic carbocycles. The number of unbranched alkanes of at least 4 members (excludes halogenated alkanes) is 1. The molecule has 0 aromatic carbocycles. The second-order valence-corrected chi connectivity index (χ2v) is 2.79. The van der Waals surface area contributed by atoms with Gasteiger partial charge in [-0.05, 0) is 19.8 Å². The van der Waals surface area contributed by atoms with Crippen molar-refractivity contribution in [2.75, 3.05) is 19.8 Å². The summed E-state index contributed by atoms with van der Waals surface area (Å²) in [6.45, 7) is 5.89. The zero-order chi connectivity index (χ0) is 9.23. The van der Waals surface area contributed by atoms with Crippen LogP contribution in [-0.2, 0) is 9.47 Å². The van der Waals surface area contributed by atoms with Crippen molar-refractivity contribution in [3.8, 4) is 0 Å². The van der Waals surface area contributed by atoms with Crippen molar-refractivity contribution in [2.24, 2.45) is 0 Å².